The number of aromatic nitrogens is 1. The molecular weight excluding hydrogens is 438 g/mol. The van der Waals surface area contributed by atoms with Crippen molar-refractivity contribution < 1.29 is 28.8 Å². The normalized spacial score (nSPS) is 15.5. The average Bonchev–Trinajstić information content (AvgIpc) is 3.42. The molecule has 9 heteroatoms. The van der Waals surface area contributed by atoms with Gasteiger partial charge in [0.1, 0.15) is 12.1 Å². The number of fused-ring (bicyclic) bond motifs is 3. The summed E-state index contributed by atoms with van der Waals surface area (Å²) in [5.41, 5.74) is 3.21. The zero-order valence-electron chi connectivity index (χ0n) is 18.2. The fourth-order valence-corrected chi connectivity index (χ4v) is 4.60. The molecule has 9 nitrogen and oxygen atoms in total. The van der Waals surface area contributed by atoms with Crippen LogP contribution in [0.2, 0.25) is 0 Å². The van der Waals surface area contributed by atoms with Gasteiger partial charge in [0.05, 0.1) is 6.54 Å². The lowest BCUT2D eigenvalue weighted by Gasteiger charge is -2.40. The van der Waals surface area contributed by atoms with E-state index in [2.05, 4.69) is 27.9 Å². The van der Waals surface area contributed by atoms with Crippen molar-refractivity contribution in [3.05, 3.63) is 77.2 Å². The van der Waals surface area contributed by atoms with Crippen molar-refractivity contribution >= 4 is 18.0 Å². The van der Waals surface area contributed by atoms with E-state index in [9.17, 15) is 14.4 Å². The van der Waals surface area contributed by atoms with Crippen LogP contribution in [0.3, 0.4) is 0 Å². The first kappa shape index (κ1) is 21.7. The van der Waals surface area contributed by atoms with Crippen molar-refractivity contribution in [1.29, 1.82) is 0 Å². The first-order chi connectivity index (χ1) is 16.5. The van der Waals surface area contributed by atoms with Crippen molar-refractivity contribution in [3.8, 4) is 11.1 Å². The Morgan fingerprint density at radius 2 is 1.71 bits per heavy atom. The van der Waals surface area contributed by atoms with Gasteiger partial charge in [-0.3, -0.25) is 4.79 Å². The van der Waals surface area contributed by atoms with Crippen LogP contribution < -0.4 is 10.6 Å². The van der Waals surface area contributed by atoms with Gasteiger partial charge in [-0.1, -0.05) is 53.7 Å². The van der Waals surface area contributed by atoms with Gasteiger partial charge in [-0.2, -0.15) is 0 Å². The molecule has 0 saturated heterocycles. The van der Waals surface area contributed by atoms with Gasteiger partial charge < -0.3 is 25.0 Å². The van der Waals surface area contributed by atoms with E-state index in [-0.39, 0.29) is 36.4 Å². The zero-order chi connectivity index (χ0) is 23.7. The minimum Gasteiger partial charge on any atom is -0.476 e. The standard InChI is InChI=1S/C25H23N3O6/c29-22(30)21-12-15(34-28-21)13-26-23(31)25(10-5-11-25)27-24(32)33-14-20-18-8-3-1-6-16(18)17-7-2-4-9-19(17)20/h1-4,6-9,12,20H,5,10-11,13-14H2,(H,26,31)(H,27,32)(H,29,30). The van der Waals surface area contributed by atoms with E-state index in [0.29, 0.717) is 12.8 Å². The van der Waals surface area contributed by atoms with Crippen LogP contribution >= 0.6 is 0 Å². The topological polar surface area (TPSA) is 131 Å². The Bertz CT molecular complexity index is 1220. The van der Waals surface area contributed by atoms with Crippen LogP contribution in [-0.2, 0) is 16.1 Å². The second-order valence-corrected chi connectivity index (χ2v) is 8.55. The number of carboxylic acids is 1. The summed E-state index contributed by atoms with van der Waals surface area (Å²) in [6.45, 7) is 0.126. The number of nitrogens with one attached hydrogen (secondary N) is 2. The molecule has 2 aliphatic carbocycles. The number of benzene rings is 2. The molecule has 0 atom stereocenters. The van der Waals surface area contributed by atoms with Crippen LogP contribution in [0.1, 0.15) is 52.6 Å². The van der Waals surface area contributed by atoms with Gasteiger partial charge in [0.15, 0.2) is 11.5 Å². The lowest BCUT2D eigenvalue weighted by molar-refractivity contribution is -0.131. The summed E-state index contributed by atoms with van der Waals surface area (Å²) in [4.78, 5) is 36.4. The number of amides is 2. The van der Waals surface area contributed by atoms with Crippen LogP contribution in [0.15, 0.2) is 59.1 Å². The summed E-state index contributed by atoms with van der Waals surface area (Å²) in [6, 6.07) is 17.4. The second-order valence-electron chi connectivity index (χ2n) is 8.55. The van der Waals surface area contributed by atoms with E-state index >= 15 is 0 Å². The first-order valence-corrected chi connectivity index (χ1v) is 11.1. The molecular formula is C25H23N3O6. The summed E-state index contributed by atoms with van der Waals surface area (Å²) >= 11 is 0. The highest BCUT2D eigenvalue weighted by Crippen LogP contribution is 2.44. The highest BCUT2D eigenvalue weighted by molar-refractivity contribution is 5.91. The minimum atomic E-state index is -1.21. The molecule has 3 aromatic rings. The number of hydrogen-bond acceptors (Lipinski definition) is 6. The van der Waals surface area contributed by atoms with E-state index in [1.54, 1.807) is 0 Å². The molecule has 2 aromatic carbocycles. The van der Waals surface area contributed by atoms with Crippen molar-refractivity contribution in [3.63, 3.8) is 0 Å². The van der Waals surface area contributed by atoms with Crippen LogP contribution in [-0.4, -0.2) is 40.4 Å². The molecule has 0 aliphatic heterocycles. The molecule has 0 bridgehead atoms. The predicted octanol–water partition coefficient (Wildman–Crippen LogP) is 3.45. The number of carbonyl (C=O) groups excluding carboxylic acids is 2. The number of nitrogens with zero attached hydrogens (tertiary/aromatic N) is 1. The average molecular weight is 461 g/mol. The van der Waals surface area contributed by atoms with Crippen LogP contribution in [0.25, 0.3) is 11.1 Å². The third kappa shape index (κ3) is 3.89. The summed E-state index contributed by atoms with van der Waals surface area (Å²) in [7, 11) is 0. The van der Waals surface area contributed by atoms with Gasteiger partial charge >= 0.3 is 12.1 Å². The number of hydrogen-bond donors (Lipinski definition) is 3. The van der Waals surface area contributed by atoms with E-state index in [1.165, 1.54) is 6.07 Å². The fraction of sp³-hybridized carbons (Fsp3) is 0.280. The number of carbonyl (C=O) groups is 3. The van der Waals surface area contributed by atoms with Gasteiger partial charge in [0.25, 0.3) is 0 Å². The zero-order valence-corrected chi connectivity index (χ0v) is 18.2. The number of rotatable bonds is 7. The SMILES string of the molecule is O=C(NC1(C(=O)NCc2cc(C(=O)O)no2)CCC1)OCC1c2ccccc2-c2ccccc21. The highest BCUT2D eigenvalue weighted by atomic mass is 16.5. The summed E-state index contributed by atoms with van der Waals surface area (Å²) < 4.78 is 10.5. The van der Waals surface area contributed by atoms with E-state index in [0.717, 1.165) is 28.7 Å². The van der Waals surface area contributed by atoms with Crippen molar-refractivity contribution in [2.45, 2.75) is 37.3 Å². The minimum absolute atomic E-state index is 0.0345. The fourth-order valence-electron chi connectivity index (χ4n) is 4.60. The second kappa shape index (κ2) is 8.66. The maximum Gasteiger partial charge on any atom is 0.408 e. The molecule has 34 heavy (non-hydrogen) atoms. The largest absolute Gasteiger partial charge is 0.476 e. The maximum atomic E-state index is 12.8. The van der Waals surface area contributed by atoms with Crippen molar-refractivity contribution in [2.24, 2.45) is 0 Å². The van der Waals surface area contributed by atoms with Gasteiger partial charge in [-0.25, -0.2) is 9.59 Å². The molecule has 0 unspecified atom stereocenters. The van der Waals surface area contributed by atoms with Gasteiger partial charge in [-0.15, -0.1) is 0 Å². The molecule has 174 valence electrons. The number of aromatic carboxylic acids is 1. The molecule has 1 saturated carbocycles. The third-order valence-electron chi connectivity index (χ3n) is 6.53. The molecule has 1 fully saturated rings. The Kier molecular flexibility index (Phi) is 5.53. The molecule has 2 aliphatic rings. The number of alkyl carbamates (subject to hydrolysis) is 1. The smallest absolute Gasteiger partial charge is 0.408 e. The predicted molar refractivity (Wildman–Crippen MR) is 120 cm³/mol. The number of carboxylic acid groups (broad SMARTS) is 1. The monoisotopic (exact) mass is 461 g/mol. The Labute approximate surface area is 195 Å². The third-order valence-corrected chi connectivity index (χ3v) is 6.53. The quantitative estimate of drug-likeness (QED) is 0.491. The van der Waals surface area contributed by atoms with Gasteiger partial charge in [0.2, 0.25) is 5.91 Å². The van der Waals surface area contributed by atoms with Gasteiger partial charge in [0, 0.05) is 12.0 Å². The Balaban J connectivity index is 1.20. The van der Waals surface area contributed by atoms with Crippen LogP contribution in [0.5, 0.6) is 0 Å². The lowest BCUT2D eigenvalue weighted by Crippen LogP contribution is -2.62. The molecule has 5 rings (SSSR count). The van der Waals surface area contributed by atoms with E-state index < -0.39 is 17.6 Å². The Morgan fingerprint density at radius 1 is 1.06 bits per heavy atom. The molecule has 1 aromatic heterocycles. The van der Waals surface area contributed by atoms with Crippen molar-refractivity contribution in [1.82, 2.24) is 15.8 Å². The van der Waals surface area contributed by atoms with E-state index in [4.69, 9.17) is 14.4 Å². The van der Waals surface area contributed by atoms with E-state index in [1.807, 2.05) is 36.4 Å². The molecule has 2 amide bonds. The Hall–Kier alpha value is -4.14. The Morgan fingerprint density at radius 3 is 2.26 bits per heavy atom. The summed E-state index contributed by atoms with van der Waals surface area (Å²) in [5.74, 6) is -1.45. The van der Waals surface area contributed by atoms with Crippen molar-refractivity contribution in [2.75, 3.05) is 6.61 Å². The molecule has 0 radical (unpaired) electrons. The number of ether oxygens (including phenoxy) is 1. The van der Waals surface area contributed by atoms with Crippen LogP contribution in [0, 0.1) is 0 Å². The first-order valence-electron chi connectivity index (χ1n) is 11.1. The summed E-state index contributed by atoms with van der Waals surface area (Å²) in [6.07, 6.45) is 1.12. The molecule has 3 N–H and O–H groups in total. The van der Waals surface area contributed by atoms with Crippen LogP contribution in [0.4, 0.5) is 4.79 Å². The highest BCUT2D eigenvalue weighted by Gasteiger charge is 2.46. The lowest BCUT2D eigenvalue weighted by atomic mass is 9.76. The molecule has 1 heterocycles. The van der Waals surface area contributed by atoms with Gasteiger partial charge in [-0.05, 0) is 41.5 Å². The molecule has 0 spiro atoms. The summed E-state index contributed by atoms with van der Waals surface area (Å²) in [5, 5.41) is 17.8. The maximum absolute atomic E-state index is 12.8.